The molecular formula is C14H15N3O2S. The van der Waals surface area contributed by atoms with E-state index in [2.05, 4.69) is 15.6 Å². The second-order valence-electron chi connectivity index (χ2n) is 4.12. The van der Waals surface area contributed by atoms with E-state index in [1.165, 1.54) is 11.3 Å². The molecule has 2 N–H and O–H groups in total. The number of hydrogen-bond acceptors (Lipinski definition) is 4. The van der Waals surface area contributed by atoms with Crippen molar-refractivity contribution in [2.24, 2.45) is 0 Å². The molecule has 0 saturated heterocycles. The Morgan fingerprint density at radius 3 is 2.80 bits per heavy atom. The molecule has 20 heavy (non-hydrogen) atoms. The summed E-state index contributed by atoms with van der Waals surface area (Å²) >= 11 is 1.38. The van der Waals surface area contributed by atoms with E-state index in [4.69, 9.17) is 0 Å². The second kappa shape index (κ2) is 7.40. The molecule has 2 amide bonds. The molecule has 104 valence electrons. The third kappa shape index (κ3) is 4.47. The van der Waals surface area contributed by atoms with E-state index < -0.39 is 0 Å². The number of hydrogen-bond donors (Lipinski definition) is 2. The first-order valence-electron chi connectivity index (χ1n) is 6.23. The van der Waals surface area contributed by atoms with E-state index in [1.807, 2.05) is 23.6 Å². The zero-order valence-electron chi connectivity index (χ0n) is 10.8. The molecule has 0 aromatic carbocycles. The number of pyridine rings is 1. The van der Waals surface area contributed by atoms with Gasteiger partial charge in [0.15, 0.2) is 0 Å². The quantitative estimate of drug-likeness (QED) is 0.848. The van der Waals surface area contributed by atoms with Crippen LogP contribution in [0.4, 0.5) is 0 Å². The van der Waals surface area contributed by atoms with Crippen LogP contribution in [0.25, 0.3) is 0 Å². The highest BCUT2D eigenvalue weighted by atomic mass is 32.1. The van der Waals surface area contributed by atoms with Gasteiger partial charge in [0.1, 0.15) is 0 Å². The summed E-state index contributed by atoms with van der Waals surface area (Å²) in [6.45, 7) is 0.779. The van der Waals surface area contributed by atoms with Crippen molar-refractivity contribution in [3.8, 4) is 0 Å². The molecular weight excluding hydrogens is 274 g/mol. The number of carbonyl (C=O) groups is 2. The zero-order chi connectivity index (χ0) is 14.2. The van der Waals surface area contributed by atoms with Crippen LogP contribution >= 0.6 is 11.3 Å². The van der Waals surface area contributed by atoms with E-state index in [1.54, 1.807) is 18.5 Å². The third-order valence-electron chi connectivity index (χ3n) is 2.60. The molecule has 2 aromatic rings. The molecule has 2 aromatic heterocycles. The number of thiophene rings is 1. The molecule has 6 heteroatoms. The van der Waals surface area contributed by atoms with Gasteiger partial charge in [0.05, 0.1) is 4.88 Å². The Morgan fingerprint density at radius 1 is 1.20 bits per heavy atom. The molecule has 0 saturated carbocycles. The van der Waals surface area contributed by atoms with Gasteiger partial charge in [0.2, 0.25) is 5.91 Å². The van der Waals surface area contributed by atoms with Gasteiger partial charge >= 0.3 is 0 Å². The van der Waals surface area contributed by atoms with Crippen molar-refractivity contribution < 1.29 is 9.59 Å². The fraction of sp³-hybridized carbons (Fsp3) is 0.214. The smallest absolute Gasteiger partial charge is 0.261 e. The highest BCUT2D eigenvalue weighted by molar-refractivity contribution is 7.12. The fourth-order valence-corrected chi connectivity index (χ4v) is 2.22. The largest absolute Gasteiger partial charge is 0.352 e. The van der Waals surface area contributed by atoms with Gasteiger partial charge in [-0.25, -0.2) is 0 Å². The van der Waals surface area contributed by atoms with Gasteiger partial charge in [-0.05, 0) is 23.1 Å². The van der Waals surface area contributed by atoms with E-state index >= 15 is 0 Å². The number of aromatic nitrogens is 1. The SMILES string of the molecule is O=C(CCNC(=O)c1cccs1)NCc1cccnc1. The van der Waals surface area contributed by atoms with Crippen molar-refractivity contribution >= 4 is 23.2 Å². The number of rotatable bonds is 6. The van der Waals surface area contributed by atoms with Crippen LogP contribution in [0, 0.1) is 0 Å². The maximum atomic E-state index is 11.6. The van der Waals surface area contributed by atoms with Crippen molar-refractivity contribution in [3.05, 3.63) is 52.5 Å². The monoisotopic (exact) mass is 289 g/mol. The van der Waals surface area contributed by atoms with Crippen LogP contribution in [0.15, 0.2) is 42.0 Å². The fourth-order valence-electron chi connectivity index (χ4n) is 1.58. The second-order valence-corrected chi connectivity index (χ2v) is 5.07. The summed E-state index contributed by atoms with van der Waals surface area (Å²) < 4.78 is 0. The Bertz CT molecular complexity index is 555. The van der Waals surface area contributed by atoms with Gasteiger partial charge in [-0.1, -0.05) is 12.1 Å². The minimum atomic E-state index is -0.139. The molecule has 0 bridgehead atoms. The normalized spacial score (nSPS) is 10.0. The summed E-state index contributed by atoms with van der Waals surface area (Å²) in [6.07, 6.45) is 3.65. The Hall–Kier alpha value is -2.21. The van der Waals surface area contributed by atoms with Crippen LogP contribution < -0.4 is 10.6 Å². The van der Waals surface area contributed by atoms with Gasteiger partial charge in [0.25, 0.3) is 5.91 Å². The zero-order valence-corrected chi connectivity index (χ0v) is 11.7. The van der Waals surface area contributed by atoms with E-state index in [0.717, 1.165) is 5.56 Å². The van der Waals surface area contributed by atoms with Crippen molar-refractivity contribution in [1.29, 1.82) is 0 Å². The minimum absolute atomic E-state index is 0.0969. The number of nitrogens with one attached hydrogen (secondary N) is 2. The maximum absolute atomic E-state index is 11.6. The molecule has 0 aliphatic carbocycles. The summed E-state index contributed by atoms with van der Waals surface area (Å²) in [4.78, 5) is 27.9. The van der Waals surface area contributed by atoms with E-state index in [-0.39, 0.29) is 18.2 Å². The molecule has 0 atom stereocenters. The summed E-state index contributed by atoms with van der Waals surface area (Å²) in [5.41, 5.74) is 0.948. The molecule has 0 aliphatic rings. The van der Waals surface area contributed by atoms with Crippen LogP contribution in [0.3, 0.4) is 0 Å². The Balaban J connectivity index is 1.64. The number of nitrogens with zero attached hydrogens (tertiary/aromatic N) is 1. The molecule has 2 rings (SSSR count). The average Bonchev–Trinajstić information content (AvgIpc) is 3.00. The van der Waals surface area contributed by atoms with Crippen molar-refractivity contribution in [1.82, 2.24) is 15.6 Å². The van der Waals surface area contributed by atoms with Crippen molar-refractivity contribution in [2.45, 2.75) is 13.0 Å². The molecule has 2 heterocycles. The number of carbonyl (C=O) groups excluding carboxylic acids is 2. The number of amides is 2. The van der Waals surface area contributed by atoms with Gasteiger partial charge in [-0.3, -0.25) is 14.6 Å². The Labute approximate surface area is 121 Å². The summed E-state index contributed by atoms with van der Waals surface area (Å²) in [7, 11) is 0. The third-order valence-corrected chi connectivity index (χ3v) is 3.46. The predicted molar refractivity (Wildman–Crippen MR) is 77.4 cm³/mol. The maximum Gasteiger partial charge on any atom is 0.261 e. The lowest BCUT2D eigenvalue weighted by molar-refractivity contribution is -0.121. The van der Waals surface area contributed by atoms with Crippen molar-refractivity contribution in [2.75, 3.05) is 6.54 Å². The van der Waals surface area contributed by atoms with E-state index in [9.17, 15) is 9.59 Å². The predicted octanol–water partition coefficient (Wildman–Crippen LogP) is 1.58. The van der Waals surface area contributed by atoms with Gasteiger partial charge in [-0.2, -0.15) is 0 Å². The highest BCUT2D eigenvalue weighted by Gasteiger charge is 2.07. The summed E-state index contributed by atoms with van der Waals surface area (Å²) in [5.74, 6) is -0.236. The lowest BCUT2D eigenvalue weighted by atomic mass is 10.3. The van der Waals surface area contributed by atoms with Crippen molar-refractivity contribution in [3.63, 3.8) is 0 Å². The van der Waals surface area contributed by atoms with Crippen LogP contribution in [-0.2, 0) is 11.3 Å². The lowest BCUT2D eigenvalue weighted by Crippen LogP contribution is -2.30. The molecule has 0 unspecified atom stereocenters. The molecule has 0 radical (unpaired) electrons. The van der Waals surface area contributed by atoms with Crippen LogP contribution in [0.5, 0.6) is 0 Å². The first-order chi connectivity index (χ1) is 9.75. The highest BCUT2D eigenvalue weighted by Crippen LogP contribution is 2.07. The molecule has 5 nitrogen and oxygen atoms in total. The van der Waals surface area contributed by atoms with Gasteiger partial charge in [-0.15, -0.1) is 11.3 Å². The van der Waals surface area contributed by atoms with Crippen LogP contribution in [0.1, 0.15) is 21.7 Å². The Kier molecular flexibility index (Phi) is 5.25. The average molecular weight is 289 g/mol. The van der Waals surface area contributed by atoms with Crippen LogP contribution in [-0.4, -0.2) is 23.3 Å². The first-order valence-corrected chi connectivity index (χ1v) is 7.11. The van der Waals surface area contributed by atoms with E-state index in [0.29, 0.717) is 18.0 Å². The summed E-state index contributed by atoms with van der Waals surface area (Å²) in [6, 6.07) is 7.29. The Morgan fingerprint density at radius 2 is 2.10 bits per heavy atom. The molecule has 0 aliphatic heterocycles. The first kappa shape index (κ1) is 14.2. The molecule has 0 fully saturated rings. The minimum Gasteiger partial charge on any atom is -0.352 e. The topological polar surface area (TPSA) is 71.1 Å². The lowest BCUT2D eigenvalue weighted by Gasteiger charge is -2.06. The van der Waals surface area contributed by atoms with Crippen LogP contribution in [0.2, 0.25) is 0 Å². The van der Waals surface area contributed by atoms with Gasteiger partial charge in [0, 0.05) is 31.9 Å². The van der Waals surface area contributed by atoms with Gasteiger partial charge < -0.3 is 10.6 Å². The molecule has 0 spiro atoms. The standard InChI is InChI=1S/C14H15N3O2S/c18-13(17-10-11-3-1-6-15-9-11)5-7-16-14(19)12-4-2-8-20-12/h1-4,6,8-9H,5,7,10H2,(H,16,19)(H,17,18). The summed E-state index contributed by atoms with van der Waals surface area (Å²) in [5, 5.41) is 7.34.